The summed E-state index contributed by atoms with van der Waals surface area (Å²) in [5.74, 6) is -1.28. The molecule has 1 unspecified atom stereocenters. The summed E-state index contributed by atoms with van der Waals surface area (Å²) in [7, 11) is -3.92. The van der Waals surface area contributed by atoms with Crippen LogP contribution in [0.25, 0.3) is 21.8 Å². The first-order chi connectivity index (χ1) is 19.8. The zero-order valence-electron chi connectivity index (χ0n) is 22.7. The molecular formula is C32H29N3O5S. The average molecular weight is 568 g/mol. The third-order valence-electron chi connectivity index (χ3n) is 7.48. The molecule has 0 aliphatic carbocycles. The zero-order chi connectivity index (χ0) is 28.7. The van der Waals surface area contributed by atoms with Gasteiger partial charge in [0.05, 0.1) is 16.1 Å². The number of hydrogen-bond acceptors (Lipinski definition) is 5. The van der Waals surface area contributed by atoms with Crippen LogP contribution in [0.5, 0.6) is 0 Å². The molecule has 208 valence electrons. The fourth-order valence-corrected chi connectivity index (χ4v) is 7.42. The third kappa shape index (κ3) is 4.72. The number of ether oxygens (including phenoxy) is 1. The van der Waals surface area contributed by atoms with Crippen LogP contribution in [0, 0.1) is 0 Å². The molecule has 4 aromatic carbocycles. The number of para-hydroxylation sites is 2. The summed E-state index contributed by atoms with van der Waals surface area (Å²) in [6.07, 6.45) is 0.611. The van der Waals surface area contributed by atoms with Gasteiger partial charge in [0.2, 0.25) is 0 Å². The molecule has 1 atom stereocenters. The predicted octanol–water partition coefficient (Wildman–Crippen LogP) is 5.75. The molecule has 0 fully saturated rings. The standard InChI is InChI=1S/C32H29N3O5S/c1-3-34-29-14-7-5-12-26(29)27-19-24(15-16-30(27)34)33-31(36)20-40-32(37)23-10-8-11-25(18-23)41(38,39)35-21(2)17-22-9-4-6-13-28(22)35/h4-16,18-19,21H,3,17,20H2,1-2H3,(H,33,36). The first-order valence-corrected chi connectivity index (χ1v) is 14.9. The minimum absolute atomic E-state index is 0.0144. The van der Waals surface area contributed by atoms with Crippen LogP contribution in [-0.4, -0.2) is 37.5 Å². The van der Waals surface area contributed by atoms with Crippen molar-refractivity contribution in [3.8, 4) is 0 Å². The molecular weight excluding hydrogens is 538 g/mol. The maximum Gasteiger partial charge on any atom is 0.338 e. The van der Waals surface area contributed by atoms with Gasteiger partial charge in [-0.1, -0.05) is 42.5 Å². The summed E-state index contributed by atoms with van der Waals surface area (Å²) in [6, 6.07) is 26.7. The second-order valence-corrected chi connectivity index (χ2v) is 11.9. The van der Waals surface area contributed by atoms with Gasteiger partial charge < -0.3 is 14.6 Å². The lowest BCUT2D eigenvalue weighted by molar-refractivity contribution is -0.119. The Kier molecular flexibility index (Phi) is 6.75. The number of nitrogens with one attached hydrogen (secondary N) is 1. The van der Waals surface area contributed by atoms with Crippen molar-refractivity contribution in [3.05, 3.63) is 102 Å². The lowest BCUT2D eigenvalue weighted by Gasteiger charge is -2.24. The number of carbonyl (C=O) groups excluding carboxylic acids is 2. The van der Waals surface area contributed by atoms with Gasteiger partial charge in [0, 0.05) is 40.1 Å². The number of amides is 1. The van der Waals surface area contributed by atoms with Crippen molar-refractivity contribution in [2.45, 2.75) is 37.8 Å². The summed E-state index contributed by atoms with van der Waals surface area (Å²) in [4.78, 5) is 25.5. The minimum atomic E-state index is -3.92. The molecule has 0 bridgehead atoms. The molecule has 6 rings (SSSR count). The highest BCUT2D eigenvalue weighted by atomic mass is 32.2. The van der Waals surface area contributed by atoms with Crippen molar-refractivity contribution in [2.75, 3.05) is 16.2 Å². The summed E-state index contributed by atoms with van der Waals surface area (Å²) >= 11 is 0. The fraction of sp³-hybridized carbons (Fsp3) is 0.188. The van der Waals surface area contributed by atoms with E-state index >= 15 is 0 Å². The molecule has 2 heterocycles. The van der Waals surface area contributed by atoms with E-state index in [0.29, 0.717) is 17.8 Å². The topological polar surface area (TPSA) is 97.7 Å². The van der Waals surface area contributed by atoms with Crippen LogP contribution in [0.1, 0.15) is 29.8 Å². The lowest BCUT2D eigenvalue weighted by Crippen LogP contribution is -2.35. The van der Waals surface area contributed by atoms with Gasteiger partial charge in [-0.15, -0.1) is 0 Å². The van der Waals surface area contributed by atoms with Gasteiger partial charge in [0.1, 0.15) is 0 Å². The van der Waals surface area contributed by atoms with Crippen molar-refractivity contribution in [1.29, 1.82) is 0 Å². The minimum Gasteiger partial charge on any atom is -0.452 e. The number of hydrogen-bond donors (Lipinski definition) is 1. The Morgan fingerprint density at radius 2 is 1.66 bits per heavy atom. The number of rotatable bonds is 7. The highest BCUT2D eigenvalue weighted by Gasteiger charge is 2.36. The number of sulfonamides is 1. The smallest absolute Gasteiger partial charge is 0.338 e. The molecule has 0 spiro atoms. The van der Waals surface area contributed by atoms with Gasteiger partial charge in [-0.3, -0.25) is 9.10 Å². The van der Waals surface area contributed by atoms with E-state index in [4.69, 9.17) is 4.74 Å². The third-order valence-corrected chi connectivity index (χ3v) is 9.40. The van der Waals surface area contributed by atoms with E-state index < -0.39 is 28.5 Å². The summed E-state index contributed by atoms with van der Waals surface area (Å²) in [5.41, 5.74) is 4.43. The highest BCUT2D eigenvalue weighted by Crippen LogP contribution is 2.36. The number of fused-ring (bicyclic) bond motifs is 4. The van der Waals surface area contributed by atoms with Crippen molar-refractivity contribution in [2.24, 2.45) is 0 Å². The lowest BCUT2D eigenvalue weighted by atomic mass is 10.1. The highest BCUT2D eigenvalue weighted by molar-refractivity contribution is 7.92. The Labute approximate surface area is 238 Å². The van der Waals surface area contributed by atoms with E-state index in [9.17, 15) is 18.0 Å². The number of aromatic nitrogens is 1. The summed E-state index contributed by atoms with van der Waals surface area (Å²) in [6.45, 7) is 4.25. The summed E-state index contributed by atoms with van der Waals surface area (Å²) < 4.78 is 36.0. The monoisotopic (exact) mass is 567 g/mol. The second kappa shape index (κ2) is 10.4. The molecule has 1 amide bonds. The van der Waals surface area contributed by atoms with Gasteiger partial charge in [0.25, 0.3) is 15.9 Å². The molecule has 0 saturated heterocycles. The Balaban J connectivity index is 1.15. The number of benzene rings is 4. The van der Waals surface area contributed by atoms with Crippen LogP contribution in [-0.2, 0) is 32.5 Å². The number of esters is 1. The summed E-state index contributed by atoms with van der Waals surface area (Å²) in [5, 5.41) is 4.90. The molecule has 5 aromatic rings. The van der Waals surface area contributed by atoms with Crippen LogP contribution < -0.4 is 9.62 Å². The Morgan fingerprint density at radius 3 is 2.49 bits per heavy atom. The molecule has 1 N–H and O–H groups in total. The van der Waals surface area contributed by atoms with Crippen LogP contribution in [0.3, 0.4) is 0 Å². The van der Waals surface area contributed by atoms with Gasteiger partial charge in [0.15, 0.2) is 6.61 Å². The fourth-order valence-electron chi connectivity index (χ4n) is 5.68. The first-order valence-electron chi connectivity index (χ1n) is 13.5. The normalized spacial score (nSPS) is 14.8. The molecule has 9 heteroatoms. The maximum absolute atomic E-state index is 13.6. The van der Waals surface area contributed by atoms with Gasteiger partial charge in [-0.05, 0) is 74.4 Å². The van der Waals surface area contributed by atoms with E-state index in [1.807, 2.05) is 49.4 Å². The van der Waals surface area contributed by atoms with Gasteiger partial charge in [-0.25, -0.2) is 13.2 Å². The van der Waals surface area contributed by atoms with Crippen molar-refractivity contribution >= 4 is 55.1 Å². The number of nitrogens with zero attached hydrogens (tertiary/aromatic N) is 2. The molecule has 1 aromatic heterocycles. The van der Waals surface area contributed by atoms with E-state index in [2.05, 4.69) is 28.9 Å². The maximum atomic E-state index is 13.6. The van der Waals surface area contributed by atoms with E-state index in [1.165, 1.54) is 28.6 Å². The van der Waals surface area contributed by atoms with E-state index in [-0.39, 0.29) is 16.5 Å². The van der Waals surface area contributed by atoms with Crippen LogP contribution in [0.4, 0.5) is 11.4 Å². The molecule has 41 heavy (non-hydrogen) atoms. The number of anilines is 2. The number of carbonyl (C=O) groups is 2. The zero-order valence-corrected chi connectivity index (χ0v) is 23.5. The van der Waals surface area contributed by atoms with Gasteiger partial charge in [-0.2, -0.15) is 0 Å². The van der Waals surface area contributed by atoms with E-state index in [0.717, 1.165) is 33.9 Å². The molecule has 1 aliphatic rings. The Bertz CT molecular complexity index is 1930. The van der Waals surface area contributed by atoms with Crippen molar-refractivity contribution < 1.29 is 22.7 Å². The average Bonchev–Trinajstić information content (AvgIpc) is 3.49. The second-order valence-electron chi connectivity index (χ2n) is 10.1. The van der Waals surface area contributed by atoms with Crippen LogP contribution in [0.2, 0.25) is 0 Å². The first kappa shape index (κ1) is 26.6. The SMILES string of the molecule is CCn1c2ccccc2c2cc(NC(=O)COC(=O)c3cccc(S(=O)(=O)N4c5ccccc5CC4C)c3)ccc21. The quantitative estimate of drug-likeness (QED) is 0.253. The molecule has 1 aliphatic heterocycles. The van der Waals surface area contributed by atoms with Gasteiger partial charge >= 0.3 is 5.97 Å². The van der Waals surface area contributed by atoms with Crippen molar-refractivity contribution in [1.82, 2.24) is 4.57 Å². The van der Waals surface area contributed by atoms with Crippen LogP contribution in [0.15, 0.2) is 95.9 Å². The molecule has 0 saturated carbocycles. The number of aryl methyl sites for hydroxylation is 1. The van der Waals surface area contributed by atoms with Crippen molar-refractivity contribution in [3.63, 3.8) is 0 Å². The molecule has 8 nitrogen and oxygen atoms in total. The van der Waals surface area contributed by atoms with Crippen LogP contribution >= 0.6 is 0 Å². The largest absolute Gasteiger partial charge is 0.452 e. The Hall–Kier alpha value is -4.63. The predicted molar refractivity (Wildman–Crippen MR) is 160 cm³/mol. The van der Waals surface area contributed by atoms with E-state index in [1.54, 1.807) is 12.1 Å². The molecule has 0 radical (unpaired) electrons. The Morgan fingerprint density at radius 1 is 0.902 bits per heavy atom.